The van der Waals surface area contributed by atoms with Gasteiger partial charge in [-0.2, -0.15) is 0 Å². The number of alkyl carbamates (subject to hydrolysis) is 1. The zero-order chi connectivity index (χ0) is 17.8. The molecule has 7 heteroatoms. The van der Waals surface area contributed by atoms with E-state index in [0.29, 0.717) is 13.1 Å². The number of nitrogens with one attached hydrogen (secondary N) is 1. The van der Waals surface area contributed by atoms with E-state index in [9.17, 15) is 9.59 Å². The van der Waals surface area contributed by atoms with Crippen molar-refractivity contribution in [1.82, 2.24) is 10.2 Å². The second kappa shape index (κ2) is 7.97. The maximum absolute atomic E-state index is 12.8. The van der Waals surface area contributed by atoms with Crippen molar-refractivity contribution in [3.63, 3.8) is 0 Å². The Kier molecular flexibility index (Phi) is 6.83. The second-order valence-corrected chi connectivity index (χ2v) is 7.07. The van der Waals surface area contributed by atoms with Crippen LogP contribution in [0.2, 0.25) is 0 Å². The molecule has 0 aliphatic carbocycles. The fourth-order valence-electron chi connectivity index (χ4n) is 2.51. The first-order valence-electron chi connectivity index (χ1n) is 8.00. The van der Waals surface area contributed by atoms with Crippen LogP contribution in [0.15, 0.2) is 0 Å². The third-order valence-electron chi connectivity index (χ3n) is 3.51. The molecule has 7 nitrogen and oxygen atoms in total. The van der Waals surface area contributed by atoms with E-state index in [1.54, 1.807) is 32.6 Å². The maximum atomic E-state index is 12.8. The quantitative estimate of drug-likeness (QED) is 0.846. The Labute approximate surface area is 138 Å². The molecule has 1 rings (SSSR count). The molecule has 1 saturated heterocycles. The van der Waals surface area contributed by atoms with Crippen molar-refractivity contribution in [2.24, 2.45) is 0 Å². The number of ether oxygens (including phenoxy) is 3. The summed E-state index contributed by atoms with van der Waals surface area (Å²) < 4.78 is 16.1. The van der Waals surface area contributed by atoms with Gasteiger partial charge in [-0.15, -0.1) is 0 Å². The third-order valence-corrected chi connectivity index (χ3v) is 3.51. The Hall–Kier alpha value is -1.34. The van der Waals surface area contributed by atoms with Gasteiger partial charge in [0.15, 0.2) is 0 Å². The summed E-state index contributed by atoms with van der Waals surface area (Å²) in [4.78, 5) is 26.5. The Bertz CT molecular complexity index is 411. The molecule has 1 heterocycles. The predicted molar refractivity (Wildman–Crippen MR) is 86.2 cm³/mol. The Morgan fingerprint density at radius 1 is 1.22 bits per heavy atom. The molecule has 4 atom stereocenters. The summed E-state index contributed by atoms with van der Waals surface area (Å²) in [5, 5.41) is 2.63. The Morgan fingerprint density at radius 2 is 1.74 bits per heavy atom. The summed E-state index contributed by atoms with van der Waals surface area (Å²) in [6.07, 6.45) is -1.18. The molecule has 1 fully saturated rings. The van der Waals surface area contributed by atoms with Crippen LogP contribution >= 0.6 is 0 Å². The zero-order valence-corrected chi connectivity index (χ0v) is 15.2. The molecule has 0 aromatic heterocycles. The van der Waals surface area contributed by atoms with Crippen molar-refractivity contribution in [2.45, 2.75) is 71.5 Å². The van der Waals surface area contributed by atoms with E-state index in [4.69, 9.17) is 14.2 Å². The highest BCUT2D eigenvalue weighted by Gasteiger charge is 2.35. The summed E-state index contributed by atoms with van der Waals surface area (Å²) in [5.41, 5.74) is -0.629. The standard InChI is InChI=1S/C16H30N2O5/c1-10-8-18(9-11(2)22-10)14(19)13(12(3)21-7)17-15(20)23-16(4,5)6/h10-13H,8-9H2,1-7H3,(H,17,20)/t10-,11+,12-,13+/m1/s1. The van der Waals surface area contributed by atoms with Crippen LogP contribution in [-0.4, -0.2) is 67.1 Å². The molecule has 0 aromatic carbocycles. The Morgan fingerprint density at radius 3 is 2.17 bits per heavy atom. The topological polar surface area (TPSA) is 77.1 Å². The van der Waals surface area contributed by atoms with E-state index >= 15 is 0 Å². The molecule has 134 valence electrons. The summed E-state index contributed by atoms with van der Waals surface area (Å²) in [6, 6.07) is -0.799. The minimum Gasteiger partial charge on any atom is -0.444 e. The van der Waals surface area contributed by atoms with Crippen LogP contribution < -0.4 is 5.32 Å². The average Bonchev–Trinajstić information content (AvgIpc) is 2.40. The molecule has 1 aliphatic heterocycles. The van der Waals surface area contributed by atoms with E-state index in [0.717, 1.165) is 0 Å². The number of rotatable bonds is 4. The van der Waals surface area contributed by atoms with Gasteiger partial charge < -0.3 is 24.4 Å². The number of morpholine rings is 1. The van der Waals surface area contributed by atoms with E-state index in [1.807, 2.05) is 13.8 Å². The third kappa shape index (κ3) is 6.35. The van der Waals surface area contributed by atoms with Crippen LogP contribution in [0.5, 0.6) is 0 Å². The second-order valence-electron chi connectivity index (χ2n) is 7.07. The monoisotopic (exact) mass is 330 g/mol. The summed E-state index contributed by atoms with van der Waals surface area (Å²) in [7, 11) is 1.51. The van der Waals surface area contributed by atoms with E-state index in [-0.39, 0.29) is 18.1 Å². The lowest BCUT2D eigenvalue weighted by molar-refractivity contribution is -0.148. The van der Waals surface area contributed by atoms with Gasteiger partial charge in [0, 0.05) is 20.2 Å². The smallest absolute Gasteiger partial charge is 0.408 e. The van der Waals surface area contributed by atoms with E-state index in [2.05, 4.69) is 5.32 Å². The van der Waals surface area contributed by atoms with E-state index < -0.39 is 23.8 Å². The van der Waals surface area contributed by atoms with Gasteiger partial charge in [-0.25, -0.2) is 4.79 Å². The predicted octanol–water partition coefficient (Wildman–Crippen LogP) is 1.55. The molecule has 23 heavy (non-hydrogen) atoms. The van der Waals surface area contributed by atoms with Crippen molar-refractivity contribution in [1.29, 1.82) is 0 Å². The normalized spacial score (nSPS) is 24.7. The number of methoxy groups -OCH3 is 1. The first-order valence-corrected chi connectivity index (χ1v) is 8.00. The van der Waals surface area contributed by atoms with Crippen molar-refractivity contribution in [3.05, 3.63) is 0 Å². The van der Waals surface area contributed by atoms with Gasteiger partial charge in [-0.3, -0.25) is 4.79 Å². The lowest BCUT2D eigenvalue weighted by Crippen LogP contribution is -2.58. The molecule has 0 radical (unpaired) electrons. The van der Waals surface area contributed by atoms with Crippen LogP contribution in [0.25, 0.3) is 0 Å². The van der Waals surface area contributed by atoms with Crippen LogP contribution in [0.1, 0.15) is 41.5 Å². The van der Waals surface area contributed by atoms with Gasteiger partial charge in [-0.1, -0.05) is 0 Å². The van der Waals surface area contributed by atoms with Gasteiger partial charge in [0.1, 0.15) is 11.6 Å². The molecule has 0 spiro atoms. The van der Waals surface area contributed by atoms with Crippen molar-refractivity contribution < 1.29 is 23.8 Å². The fourth-order valence-corrected chi connectivity index (χ4v) is 2.51. The van der Waals surface area contributed by atoms with Gasteiger partial charge in [0.2, 0.25) is 5.91 Å². The molecule has 0 saturated carbocycles. The molecular weight excluding hydrogens is 300 g/mol. The van der Waals surface area contributed by atoms with Crippen molar-refractivity contribution >= 4 is 12.0 Å². The van der Waals surface area contributed by atoms with Gasteiger partial charge in [-0.05, 0) is 41.5 Å². The summed E-state index contributed by atoms with van der Waals surface area (Å²) in [5.74, 6) is -0.188. The number of carbonyl (C=O) groups excluding carboxylic acids is 2. The van der Waals surface area contributed by atoms with Crippen LogP contribution in [0.4, 0.5) is 4.79 Å². The maximum Gasteiger partial charge on any atom is 0.408 e. The highest BCUT2D eigenvalue weighted by Crippen LogP contribution is 2.14. The minimum atomic E-state index is -0.799. The van der Waals surface area contributed by atoms with Crippen LogP contribution in [0, 0.1) is 0 Å². The number of amides is 2. The highest BCUT2D eigenvalue weighted by atomic mass is 16.6. The molecule has 2 amide bonds. The SMILES string of the molecule is CO[C@H](C)[C@H](NC(=O)OC(C)(C)C)C(=O)N1C[C@@H](C)O[C@@H](C)C1. The summed E-state index contributed by atoms with van der Waals surface area (Å²) >= 11 is 0. The molecule has 1 N–H and O–H groups in total. The van der Waals surface area contributed by atoms with Crippen LogP contribution in [-0.2, 0) is 19.0 Å². The number of hydrogen-bond donors (Lipinski definition) is 1. The van der Waals surface area contributed by atoms with Gasteiger partial charge in [0.05, 0.1) is 18.3 Å². The lowest BCUT2D eigenvalue weighted by Gasteiger charge is -2.38. The fraction of sp³-hybridized carbons (Fsp3) is 0.875. The number of hydrogen-bond acceptors (Lipinski definition) is 5. The van der Waals surface area contributed by atoms with Gasteiger partial charge in [0.25, 0.3) is 0 Å². The number of nitrogens with zero attached hydrogens (tertiary/aromatic N) is 1. The molecule has 1 aliphatic rings. The highest BCUT2D eigenvalue weighted by molar-refractivity contribution is 5.86. The summed E-state index contributed by atoms with van der Waals surface area (Å²) in [6.45, 7) is 11.9. The molecular formula is C16H30N2O5. The molecule has 0 aromatic rings. The van der Waals surface area contributed by atoms with Crippen molar-refractivity contribution in [2.75, 3.05) is 20.2 Å². The average molecular weight is 330 g/mol. The largest absolute Gasteiger partial charge is 0.444 e. The first-order chi connectivity index (χ1) is 10.5. The molecule has 0 bridgehead atoms. The Balaban J connectivity index is 2.80. The van der Waals surface area contributed by atoms with Gasteiger partial charge >= 0.3 is 6.09 Å². The van der Waals surface area contributed by atoms with E-state index in [1.165, 1.54) is 7.11 Å². The first kappa shape index (κ1) is 19.7. The number of carbonyl (C=O) groups is 2. The van der Waals surface area contributed by atoms with Crippen LogP contribution in [0.3, 0.4) is 0 Å². The molecule has 0 unspecified atom stereocenters. The minimum absolute atomic E-state index is 0.0391. The lowest BCUT2D eigenvalue weighted by atomic mass is 10.1. The van der Waals surface area contributed by atoms with Crippen molar-refractivity contribution in [3.8, 4) is 0 Å². The zero-order valence-electron chi connectivity index (χ0n) is 15.2.